The highest BCUT2D eigenvalue weighted by molar-refractivity contribution is 6.34. The first-order chi connectivity index (χ1) is 9.02. The molecule has 0 aliphatic heterocycles. The van der Waals surface area contributed by atoms with Crippen molar-refractivity contribution in [2.24, 2.45) is 0 Å². The number of hydrogen-bond acceptors (Lipinski definition) is 2. The van der Waals surface area contributed by atoms with E-state index < -0.39 is 5.97 Å². The number of hydrogen-bond donors (Lipinski definition) is 1. The molecule has 0 aliphatic carbocycles. The number of rotatable bonds is 3. The third kappa shape index (κ3) is 2.62. The van der Waals surface area contributed by atoms with E-state index in [1.807, 2.05) is 39.0 Å². The van der Waals surface area contributed by atoms with Crippen molar-refractivity contribution in [3.05, 3.63) is 47.5 Å². The molecule has 2 aromatic carbocycles. The van der Waals surface area contributed by atoms with Gasteiger partial charge in [0.1, 0.15) is 13.6 Å². The van der Waals surface area contributed by atoms with Crippen LogP contribution in [0, 0.1) is 6.92 Å². The van der Waals surface area contributed by atoms with Crippen molar-refractivity contribution in [3.63, 3.8) is 0 Å². The van der Waals surface area contributed by atoms with Crippen molar-refractivity contribution < 1.29 is 14.6 Å². The van der Waals surface area contributed by atoms with Gasteiger partial charge in [-0.15, -0.1) is 0 Å². The van der Waals surface area contributed by atoms with Gasteiger partial charge in [0.15, 0.2) is 0 Å². The Bertz CT molecular complexity index is 635. The second-order valence-corrected chi connectivity index (χ2v) is 4.52. The summed E-state index contributed by atoms with van der Waals surface area (Å²) in [6, 6.07) is 11.1. The molecule has 0 fully saturated rings. The summed E-state index contributed by atoms with van der Waals surface area (Å²) in [6.07, 6.45) is 0. The lowest BCUT2D eigenvalue weighted by molar-refractivity contribution is 0.0697. The zero-order chi connectivity index (χ0) is 14.0. The summed E-state index contributed by atoms with van der Waals surface area (Å²) in [7, 11) is 3.64. The lowest BCUT2D eigenvalue weighted by Crippen LogP contribution is -2.07. The zero-order valence-electron chi connectivity index (χ0n) is 11.2. The third-order valence-corrected chi connectivity index (χ3v) is 3.18. The van der Waals surface area contributed by atoms with Gasteiger partial charge in [-0.1, -0.05) is 18.2 Å². The molecule has 0 unspecified atom stereocenters. The lowest BCUT2D eigenvalue weighted by atomic mass is 9.89. The standard InChI is InChI=1S/C15H15BO3/c1-9-7-11(15(17)18)3-5-12(9)10-4-6-14(19-2)13(16)8-10/h3-8H,16H2,1-2H3,(H,17,18). The van der Waals surface area contributed by atoms with Crippen LogP contribution < -0.4 is 10.2 Å². The molecule has 2 aromatic rings. The molecule has 19 heavy (non-hydrogen) atoms. The highest BCUT2D eigenvalue weighted by Crippen LogP contribution is 2.25. The Morgan fingerprint density at radius 1 is 1.21 bits per heavy atom. The van der Waals surface area contributed by atoms with E-state index in [1.165, 1.54) is 0 Å². The Morgan fingerprint density at radius 3 is 2.47 bits per heavy atom. The van der Waals surface area contributed by atoms with Gasteiger partial charge in [-0.25, -0.2) is 4.79 Å². The Labute approximate surface area is 113 Å². The summed E-state index contributed by atoms with van der Waals surface area (Å²) in [6.45, 7) is 1.92. The first-order valence-corrected chi connectivity index (χ1v) is 6.02. The predicted molar refractivity (Wildman–Crippen MR) is 78.3 cm³/mol. The Morgan fingerprint density at radius 2 is 1.95 bits per heavy atom. The molecule has 0 aliphatic rings. The van der Waals surface area contributed by atoms with Crippen LogP contribution in [0.25, 0.3) is 11.1 Å². The molecule has 0 atom stereocenters. The van der Waals surface area contributed by atoms with Crippen LogP contribution in [-0.4, -0.2) is 26.0 Å². The summed E-state index contributed by atoms with van der Waals surface area (Å²) < 4.78 is 5.24. The summed E-state index contributed by atoms with van der Waals surface area (Å²) in [5, 5.41) is 8.97. The van der Waals surface area contributed by atoms with Crippen LogP contribution in [0.1, 0.15) is 15.9 Å². The van der Waals surface area contributed by atoms with E-state index >= 15 is 0 Å². The molecule has 0 bridgehead atoms. The van der Waals surface area contributed by atoms with Gasteiger partial charge in [-0.05, 0) is 47.3 Å². The van der Waals surface area contributed by atoms with E-state index in [9.17, 15) is 4.79 Å². The largest absolute Gasteiger partial charge is 0.497 e. The molecule has 0 saturated carbocycles. The van der Waals surface area contributed by atoms with Gasteiger partial charge in [0.25, 0.3) is 0 Å². The number of carbonyl (C=O) groups is 1. The maximum absolute atomic E-state index is 10.9. The minimum absolute atomic E-state index is 0.312. The number of methoxy groups -OCH3 is 1. The summed E-state index contributed by atoms with van der Waals surface area (Å²) in [4.78, 5) is 10.9. The fourth-order valence-electron chi connectivity index (χ4n) is 2.17. The second kappa shape index (κ2) is 5.18. The third-order valence-electron chi connectivity index (χ3n) is 3.18. The Kier molecular flexibility index (Phi) is 3.60. The van der Waals surface area contributed by atoms with Crippen molar-refractivity contribution in [2.45, 2.75) is 6.92 Å². The molecule has 0 saturated heterocycles. The van der Waals surface area contributed by atoms with Crippen LogP contribution in [0.4, 0.5) is 0 Å². The van der Waals surface area contributed by atoms with Crippen LogP contribution in [-0.2, 0) is 0 Å². The molecule has 2 rings (SSSR count). The lowest BCUT2D eigenvalue weighted by Gasteiger charge is -2.10. The van der Waals surface area contributed by atoms with Crippen LogP contribution in [0.3, 0.4) is 0 Å². The number of aromatic carboxylic acids is 1. The minimum Gasteiger partial charge on any atom is -0.497 e. The maximum atomic E-state index is 10.9. The maximum Gasteiger partial charge on any atom is 0.335 e. The molecule has 0 spiro atoms. The number of carboxylic acid groups (broad SMARTS) is 1. The van der Waals surface area contributed by atoms with E-state index in [0.717, 1.165) is 27.9 Å². The average molecular weight is 254 g/mol. The molecule has 0 amide bonds. The zero-order valence-corrected chi connectivity index (χ0v) is 11.2. The molecule has 1 N–H and O–H groups in total. The van der Waals surface area contributed by atoms with Crippen molar-refractivity contribution in [1.29, 1.82) is 0 Å². The van der Waals surface area contributed by atoms with Gasteiger partial charge in [0.2, 0.25) is 0 Å². The number of aryl methyl sites for hydroxylation is 1. The van der Waals surface area contributed by atoms with Gasteiger partial charge < -0.3 is 9.84 Å². The van der Waals surface area contributed by atoms with E-state index in [1.54, 1.807) is 19.2 Å². The van der Waals surface area contributed by atoms with Crippen LogP contribution in [0.15, 0.2) is 36.4 Å². The highest BCUT2D eigenvalue weighted by Gasteiger charge is 2.08. The summed E-state index contributed by atoms with van der Waals surface area (Å²) >= 11 is 0. The van der Waals surface area contributed by atoms with E-state index in [0.29, 0.717) is 5.56 Å². The molecule has 96 valence electrons. The molecule has 4 heteroatoms. The summed E-state index contributed by atoms with van der Waals surface area (Å²) in [5.74, 6) is -0.0517. The smallest absolute Gasteiger partial charge is 0.335 e. The molecule has 0 aromatic heterocycles. The SMILES string of the molecule is Bc1cc(-c2ccc(C(=O)O)cc2C)ccc1OC. The molecule has 0 heterocycles. The van der Waals surface area contributed by atoms with E-state index in [2.05, 4.69) is 0 Å². The molecule has 3 nitrogen and oxygen atoms in total. The van der Waals surface area contributed by atoms with Gasteiger partial charge in [0.05, 0.1) is 12.7 Å². The van der Waals surface area contributed by atoms with Gasteiger partial charge in [-0.2, -0.15) is 0 Å². The number of benzene rings is 2. The van der Waals surface area contributed by atoms with E-state index in [-0.39, 0.29) is 0 Å². The number of ether oxygens (including phenoxy) is 1. The number of carboxylic acids is 1. The fraction of sp³-hybridized carbons (Fsp3) is 0.133. The normalized spacial score (nSPS) is 10.2. The molecular formula is C15H15BO3. The van der Waals surface area contributed by atoms with Crippen molar-refractivity contribution in [2.75, 3.05) is 7.11 Å². The summed E-state index contributed by atoms with van der Waals surface area (Å²) in [5.41, 5.74) is 4.42. The van der Waals surface area contributed by atoms with E-state index in [4.69, 9.17) is 9.84 Å². The average Bonchev–Trinajstić information content (AvgIpc) is 2.38. The molecular weight excluding hydrogens is 239 g/mol. The van der Waals surface area contributed by atoms with Gasteiger partial charge in [0, 0.05) is 0 Å². The van der Waals surface area contributed by atoms with Crippen LogP contribution in [0.2, 0.25) is 0 Å². The Hall–Kier alpha value is -2.23. The first-order valence-electron chi connectivity index (χ1n) is 6.02. The monoisotopic (exact) mass is 254 g/mol. The highest BCUT2D eigenvalue weighted by atomic mass is 16.5. The Balaban J connectivity index is 2.47. The van der Waals surface area contributed by atoms with Crippen molar-refractivity contribution in [1.82, 2.24) is 0 Å². The predicted octanol–water partition coefficient (Wildman–Crippen LogP) is 1.63. The van der Waals surface area contributed by atoms with Gasteiger partial charge in [-0.3, -0.25) is 0 Å². The van der Waals surface area contributed by atoms with Crippen molar-refractivity contribution in [3.8, 4) is 16.9 Å². The second-order valence-electron chi connectivity index (χ2n) is 4.52. The fourth-order valence-corrected chi connectivity index (χ4v) is 2.17. The topological polar surface area (TPSA) is 46.5 Å². The van der Waals surface area contributed by atoms with Crippen LogP contribution in [0.5, 0.6) is 5.75 Å². The van der Waals surface area contributed by atoms with Gasteiger partial charge >= 0.3 is 5.97 Å². The van der Waals surface area contributed by atoms with Crippen LogP contribution >= 0.6 is 0 Å². The quantitative estimate of drug-likeness (QED) is 0.847. The molecule has 0 radical (unpaired) electrons. The first kappa shape index (κ1) is 13.2. The van der Waals surface area contributed by atoms with Crippen molar-refractivity contribution >= 4 is 19.3 Å². The minimum atomic E-state index is -0.902.